The molecule has 0 spiro atoms. The van der Waals surface area contributed by atoms with Crippen LogP contribution in [0.15, 0.2) is 24.3 Å². The van der Waals surface area contributed by atoms with Crippen LogP contribution >= 0.6 is 0 Å². The highest BCUT2D eigenvalue weighted by molar-refractivity contribution is 5.48. The molecule has 1 aliphatic heterocycles. The largest absolute Gasteiger partial charge is 0.369 e. The van der Waals surface area contributed by atoms with Gasteiger partial charge in [0.1, 0.15) is 0 Å². The molecule has 1 aliphatic rings. The van der Waals surface area contributed by atoms with Crippen LogP contribution in [0.4, 0.5) is 14.5 Å². The molecule has 2 rings (SSSR count). The Hall–Kier alpha value is -1.16. The zero-order valence-electron chi connectivity index (χ0n) is 10.8. The van der Waals surface area contributed by atoms with Gasteiger partial charge in [-0.25, -0.2) is 8.78 Å². The second-order valence-corrected chi connectivity index (χ2v) is 4.74. The van der Waals surface area contributed by atoms with Crippen molar-refractivity contribution < 1.29 is 8.78 Å². The fraction of sp³-hybridized carbons (Fsp3) is 0.571. The van der Waals surface area contributed by atoms with Crippen LogP contribution in [-0.2, 0) is 5.92 Å². The first-order chi connectivity index (χ1) is 8.63. The summed E-state index contributed by atoms with van der Waals surface area (Å²) in [5.74, 6) is -2.70. The van der Waals surface area contributed by atoms with E-state index in [1.807, 2.05) is 12.1 Å². The van der Waals surface area contributed by atoms with Crippen molar-refractivity contribution in [1.82, 2.24) is 5.32 Å². The summed E-state index contributed by atoms with van der Waals surface area (Å²) in [7, 11) is 0. The molecule has 1 aromatic rings. The van der Waals surface area contributed by atoms with Gasteiger partial charge in [-0.15, -0.1) is 0 Å². The van der Waals surface area contributed by atoms with E-state index < -0.39 is 5.92 Å². The number of hydrogen-bond donors (Lipinski definition) is 1. The SMILES string of the molecule is CCCC(F)(F)c1ccc(N2CCNCC2)cc1. The van der Waals surface area contributed by atoms with Gasteiger partial charge in [0.15, 0.2) is 0 Å². The Bertz CT molecular complexity index is 370. The molecule has 1 saturated heterocycles. The number of anilines is 1. The summed E-state index contributed by atoms with van der Waals surface area (Å²) in [5.41, 5.74) is 1.16. The highest BCUT2D eigenvalue weighted by Gasteiger charge is 2.30. The Balaban J connectivity index is 2.09. The monoisotopic (exact) mass is 254 g/mol. The number of piperazine rings is 1. The van der Waals surface area contributed by atoms with E-state index in [1.54, 1.807) is 19.1 Å². The molecular formula is C14H20F2N2. The minimum absolute atomic E-state index is 0.0834. The highest BCUT2D eigenvalue weighted by Crippen LogP contribution is 2.33. The van der Waals surface area contributed by atoms with Gasteiger partial charge in [-0.1, -0.05) is 25.5 Å². The van der Waals surface area contributed by atoms with Gasteiger partial charge in [0, 0.05) is 43.9 Å². The highest BCUT2D eigenvalue weighted by atomic mass is 19.3. The lowest BCUT2D eigenvalue weighted by atomic mass is 10.0. The maximum Gasteiger partial charge on any atom is 0.273 e. The lowest BCUT2D eigenvalue weighted by Crippen LogP contribution is -2.43. The van der Waals surface area contributed by atoms with Crippen molar-refractivity contribution in [2.24, 2.45) is 0 Å². The van der Waals surface area contributed by atoms with E-state index in [2.05, 4.69) is 10.2 Å². The van der Waals surface area contributed by atoms with Crippen LogP contribution in [0, 0.1) is 0 Å². The van der Waals surface area contributed by atoms with Gasteiger partial charge in [-0.3, -0.25) is 0 Å². The lowest BCUT2D eigenvalue weighted by molar-refractivity contribution is -0.0140. The topological polar surface area (TPSA) is 15.3 Å². The zero-order valence-corrected chi connectivity index (χ0v) is 10.8. The van der Waals surface area contributed by atoms with E-state index in [4.69, 9.17) is 0 Å². The molecule has 1 N–H and O–H groups in total. The van der Waals surface area contributed by atoms with E-state index in [0.717, 1.165) is 31.9 Å². The van der Waals surface area contributed by atoms with Gasteiger partial charge in [0.05, 0.1) is 0 Å². The Morgan fingerprint density at radius 2 is 1.78 bits per heavy atom. The van der Waals surface area contributed by atoms with Crippen LogP contribution in [0.25, 0.3) is 0 Å². The second kappa shape index (κ2) is 5.65. The van der Waals surface area contributed by atoms with Crippen LogP contribution < -0.4 is 10.2 Å². The summed E-state index contributed by atoms with van der Waals surface area (Å²) in [6, 6.07) is 6.74. The predicted molar refractivity (Wildman–Crippen MR) is 70.3 cm³/mol. The molecule has 0 atom stereocenters. The quantitative estimate of drug-likeness (QED) is 0.888. The fourth-order valence-electron chi connectivity index (χ4n) is 2.30. The molecule has 0 radical (unpaired) electrons. The molecule has 1 aromatic carbocycles. The second-order valence-electron chi connectivity index (χ2n) is 4.74. The summed E-state index contributed by atoms with van der Waals surface area (Å²) < 4.78 is 27.4. The van der Waals surface area contributed by atoms with Crippen LogP contribution in [-0.4, -0.2) is 26.2 Å². The molecule has 0 unspecified atom stereocenters. The molecular weight excluding hydrogens is 234 g/mol. The molecule has 0 saturated carbocycles. The molecule has 18 heavy (non-hydrogen) atoms. The van der Waals surface area contributed by atoms with Crippen molar-refractivity contribution in [1.29, 1.82) is 0 Å². The number of alkyl halides is 2. The van der Waals surface area contributed by atoms with Crippen molar-refractivity contribution in [3.8, 4) is 0 Å². The Labute approximate surface area is 107 Å². The average Bonchev–Trinajstić information content (AvgIpc) is 2.40. The molecule has 1 fully saturated rings. The molecule has 2 nitrogen and oxygen atoms in total. The van der Waals surface area contributed by atoms with Crippen molar-refractivity contribution in [2.75, 3.05) is 31.1 Å². The van der Waals surface area contributed by atoms with Crippen molar-refractivity contribution in [2.45, 2.75) is 25.7 Å². The number of halogens is 2. The van der Waals surface area contributed by atoms with E-state index >= 15 is 0 Å². The first-order valence-electron chi connectivity index (χ1n) is 6.57. The summed E-state index contributed by atoms with van der Waals surface area (Å²) in [6.45, 7) is 5.56. The number of rotatable bonds is 4. The van der Waals surface area contributed by atoms with Gasteiger partial charge in [-0.05, 0) is 12.1 Å². The molecule has 0 amide bonds. The van der Waals surface area contributed by atoms with Gasteiger partial charge < -0.3 is 10.2 Å². The van der Waals surface area contributed by atoms with Crippen LogP contribution in [0.1, 0.15) is 25.3 Å². The maximum absolute atomic E-state index is 13.7. The van der Waals surface area contributed by atoms with Crippen molar-refractivity contribution in [3.05, 3.63) is 29.8 Å². The van der Waals surface area contributed by atoms with E-state index in [1.165, 1.54) is 0 Å². The number of nitrogens with zero attached hydrogens (tertiary/aromatic N) is 1. The number of nitrogens with one attached hydrogen (secondary N) is 1. The first kappa shape index (κ1) is 13.3. The minimum Gasteiger partial charge on any atom is -0.369 e. The average molecular weight is 254 g/mol. The Kier molecular flexibility index (Phi) is 4.17. The lowest BCUT2D eigenvalue weighted by Gasteiger charge is -2.29. The van der Waals surface area contributed by atoms with E-state index in [9.17, 15) is 8.78 Å². The minimum atomic E-state index is -2.70. The van der Waals surface area contributed by atoms with Crippen LogP contribution in [0.5, 0.6) is 0 Å². The zero-order chi connectivity index (χ0) is 13.0. The maximum atomic E-state index is 13.7. The fourth-order valence-corrected chi connectivity index (χ4v) is 2.30. The number of hydrogen-bond acceptors (Lipinski definition) is 2. The molecule has 100 valence electrons. The van der Waals surface area contributed by atoms with E-state index in [0.29, 0.717) is 6.42 Å². The Morgan fingerprint density at radius 1 is 1.17 bits per heavy atom. The first-order valence-corrected chi connectivity index (χ1v) is 6.57. The summed E-state index contributed by atoms with van der Waals surface area (Å²) >= 11 is 0. The standard InChI is InChI=1S/C14H20F2N2/c1-2-7-14(15,16)12-3-5-13(6-4-12)18-10-8-17-9-11-18/h3-6,17H,2,7-11H2,1H3. The molecule has 0 bridgehead atoms. The third kappa shape index (κ3) is 2.99. The number of benzene rings is 1. The molecule has 0 aromatic heterocycles. The smallest absolute Gasteiger partial charge is 0.273 e. The summed E-state index contributed by atoms with van der Waals surface area (Å²) in [5, 5.41) is 3.28. The summed E-state index contributed by atoms with van der Waals surface area (Å²) in [4.78, 5) is 2.22. The van der Waals surface area contributed by atoms with Crippen LogP contribution in [0.3, 0.4) is 0 Å². The predicted octanol–water partition coefficient (Wildman–Crippen LogP) is 2.99. The molecule has 4 heteroatoms. The molecule has 0 aliphatic carbocycles. The van der Waals surface area contributed by atoms with Gasteiger partial charge in [-0.2, -0.15) is 0 Å². The van der Waals surface area contributed by atoms with Crippen molar-refractivity contribution >= 4 is 5.69 Å². The van der Waals surface area contributed by atoms with Gasteiger partial charge >= 0.3 is 0 Å². The normalized spacial score (nSPS) is 16.9. The van der Waals surface area contributed by atoms with Gasteiger partial charge in [0.2, 0.25) is 0 Å². The van der Waals surface area contributed by atoms with Crippen molar-refractivity contribution in [3.63, 3.8) is 0 Å². The van der Waals surface area contributed by atoms with E-state index in [-0.39, 0.29) is 12.0 Å². The van der Waals surface area contributed by atoms with Gasteiger partial charge in [0.25, 0.3) is 5.92 Å². The molecule has 1 heterocycles. The third-order valence-corrected chi connectivity index (χ3v) is 3.34. The summed E-state index contributed by atoms with van der Waals surface area (Å²) in [6.07, 6.45) is 0.409. The third-order valence-electron chi connectivity index (χ3n) is 3.34. The van der Waals surface area contributed by atoms with Crippen LogP contribution in [0.2, 0.25) is 0 Å². The Morgan fingerprint density at radius 3 is 2.33 bits per heavy atom.